The average molecular weight is 212 g/mol. The zero-order valence-corrected chi connectivity index (χ0v) is 10.6. The lowest BCUT2D eigenvalue weighted by Crippen LogP contribution is -2.45. The van der Waals surface area contributed by atoms with Crippen LogP contribution in [0.4, 0.5) is 0 Å². The molecule has 1 rings (SSSR count). The largest absolute Gasteiger partial charge is 0.315 e. The summed E-state index contributed by atoms with van der Waals surface area (Å²) in [5, 5.41) is 3.50. The van der Waals surface area contributed by atoms with E-state index in [0.717, 1.165) is 12.6 Å². The maximum Gasteiger partial charge on any atom is 0.0220 e. The molecule has 1 saturated heterocycles. The van der Waals surface area contributed by atoms with E-state index in [1.165, 1.54) is 58.2 Å². The van der Waals surface area contributed by atoms with Crippen molar-refractivity contribution in [3.8, 4) is 0 Å². The van der Waals surface area contributed by atoms with Crippen molar-refractivity contribution in [1.29, 1.82) is 0 Å². The molecule has 1 heterocycles. The lowest BCUT2D eigenvalue weighted by Gasteiger charge is -2.35. The third-order valence-corrected chi connectivity index (χ3v) is 3.43. The molecule has 0 amide bonds. The smallest absolute Gasteiger partial charge is 0.0220 e. The Morgan fingerprint density at radius 1 is 1.20 bits per heavy atom. The molecular weight excluding hydrogens is 184 g/mol. The SMILES string of the molecule is CCCCCN1CCCCC1CNCC. The Hall–Kier alpha value is -0.0800. The van der Waals surface area contributed by atoms with Crippen molar-refractivity contribution in [2.75, 3.05) is 26.2 Å². The molecule has 0 aromatic rings. The first kappa shape index (κ1) is 13.0. The second-order valence-corrected chi connectivity index (χ2v) is 4.70. The summed E-state index contributed by atoms with van der Waals surface area (Å²) in [7, 11) is 0. The van der Waals surface area contributed by atoms with Gasteiger partial charge in [-0.25, -0.2) is 0 Å². The Balaban J connectivity index is 2.22. The van der Waals surface area contributed by atoms with E-state index in [1.807, 2.05) is 0 Å². The number of likely N-dealkylation sites (tertiary alicyclic amines) is 1. The van der Waals surface area contributed by atoms with Crippen LogP contribution in [0.5, 0.6) is 0 Å². The summed E-state index contributed by atoms with van der Waals surface area (Å²) < 4.78 is 0. The van der Waals surface area contributed by atoms with Crippen molar-refractivity contribution >= 4 is 0 Å². The van der Waals surface area contributed by atoms with Gasteiger partial charge in [0.25, 0.3) is 0 Å². The van der Waals surface area contributed by atoms with Crippen LogP contribution in [0.3, 0.4) is 0 Å². The molecule has 1 fully saturated rings. The van der Waals surface area contributed by atoms with Crippen LogP contribution in [0, 0.1) is 0 Å². The summed E-state index contributed by atoms with van der Waals surface area (Å²) in [6.45, 7) is 9.45. The highest BCUT2D eigenvalue weighted by Gasteiger charge is 2.20. The van der Waals surface area contributed by atoms with Gasteiger partial charge in [0.05, 0.1) is 0 Å². The van der Waals surface area contributed by atoms with Gasteiger partial charge in [0.1, 0.15) is 0 Å². The standard InChI is InChI=1S/C13H28N2/c1-3-5-7-10-15-11-8-6-9-13(15)12-14-4-2/h13-14H,3-12H2,1-2H3. The highest BCUT2D eigenvalue weighted by Crippen LogP contribution is 2.17. The van der Waals surface area contributed by atoms with Crippen LogP contribution in [0.25, 0.3) is 0 Å². The minimum atomic E-state index is 0.815. The Morgan fingerprint density at radius 3 is 2.80 bits per heavy atom. The molecule has 1 N–H and O–H groups in total. The van der Waals surface area contributed by atoms with E-state index in [9.17, 15) is 0 Å². The lowest BCUT2D eigenvalue weighted by atomic mass is 10.0. The Bertz CT molecular complexity index is 147. The van der Waals surface area contributed by atoms with Gasteiger partial charge in [0, 0.05) is 12.6 Å². The molecule has 2 nitrogen and oxygen atoms in total. The Kier molecular flexibility index (Phi) is 7.03. The topological polar surface area (TPSA) is 15.3 Å². The zero-order chi connectivity index (χ0) is 10.9. The molecular formula is C13H28N2. The fraction of sp³-hybridized carbons (Fsp3) is 1.00. The average Bonchev–Trinajstić information content (AvgIpc) is 2.28. The van der Waals surface area contributed by atoms with Crippen molar-refractivity contribution in [2.24, 2.45) is 0 Å². The van der Waals surface area contributed by atoms with E-state index in [1.54, 1.807) is 0 Å². The summed E-state index contributed by atoms with van der Waals surface area (Å²) in [6.07, 6.45) is 8.36. The molecule has 0 aromatic heterocycles. The molecule has 1 aliphatic rings. The van der Waals surface area contributed by atoms with Crippen LogP contribution in [0.1, 0.15) is 52.4 Å². The van der Waals surface area contributed by atoms with E-state index in [2.05, 4.69) is 24.1 Å². The first-order valence-corrected chi connectivity index (χ1v) is 6.83. The van der Waals surface area contributed by atoms with Crippen LogP contribution < -0.4 is 5.32 Å². The molecule has 1 unspecified atom stereocenters. The number of likely N-dealkylation sites (N-methyl/N-ethyl adjacent to an activating group) is 1. The van der Waals surface area contributed by atoms with Gasteiger partial charge in [-0.05, 0) is 38.9 Å². The van der Waals surface area contributed by atoms with Gasteiger partial charge in [-0.15, -0.1) is 0 Å². The monoisotopic (exact) mass is 212 g/mol. The summed E-state index contributed by atoms with van der Waals surface area (Å²) in [5.74, 6) is 0. The maximum atomic E-state index is 3.50. The number of nitrogens with one attached hydrogen (secondary N) is 1. The van der Waals surface area contributed by atoms with Crippen LogP contribution in [0.15, 0.2) is 0 Å². The molecule has 0 spiro atoms. The Labute approximate surface area is 95.4 Å². The number of hydrogen-bond donors (Lipinski definition) is 1. The summed E-state index contributed by atoms with van der Waals surface area (Å²) >= 11 is 0. The molecule has 0 saturated carbocycles. The molecule has 1 atom stereocenters. The maximum absolute atomic E-state index is 3.50. The fourth-order valence-electron chi connectivity index (χ4n) is 2.46. The Morgan fingerprint density at radius 2 is 2.07 bits per heavy atom. The molecule has 15 heavy (non-hydrogen) atoms. The predicted octanol–water partition coefficient (Wildman–Crippen LogP) is 2.64. The number of hydrogen-bond acceptors (Lipinski definition) is 2. The van der Waals surface area contributed by atoms with Crippen LogP contribution in [-0.4, -0.2) is 37.1 Å². The van der Waals surface area contributed by atoms with E-state index in [4.69, 9.17) is 0 Å². The number of piperidine rings is 1. The predicted molar refractivity (Wildman–Crippen MR) is 67.3 cm³/mol. The molecule has 0 aliphatic carbocycles. The van der Waals surface area contributed by atoms with Crippen molar-refractivity contribution in [1.82, 2.24) is 10.2 Å². The van der Waals surface area contributed by atoms with Crippen LogP contribution >= 0.6 is 0 Å². The minimum Gasteiger partial charge on any atom is -0.315 e. The summed E-state index contributed by atoms with van der Waals surface area (Å²) in [4.78, 5) is 2.71. The molecule has 1 aliphatic heterocycles. The van der Waals surface area contributed by atoms with Gasteiger partial charge >= 0.3 is 0 Å². The molecule has 0 aromatic carbocycles. The molecule has 0 bridgehead atoms. The highest BCUT2D eigenvalue weighted by molar-refractivity contribution is 4.78. The van der Waals surface area contributed by atoms with Crippen LogP contribution in [-0.2, 0) is 0 Å². The van der Waals surface area contributed by atoms with Gasteiger partial charge in [0.2, 0.25) is 0 Å². The van der Waals surface area contributed by atoms with Gasteiger partial charge < -0.3 is 5.32 Å². The van der Waals surface area contributed by atoms with Gasteiger partial charge in [-0.2, -0.15) is 0 Å². The van der Waals surface area contributed by atoms with E-state index in [0.29, 0.717) is 0 Å². The molecule has 2 heteroatoms. The number of unbranched alkanes of at least 4 members (excludes halogenated alkanes) is 2. The molecule has 0 radical (unpaired) electrons. The normalized spacial score (nSPS) is 23.2. The van der Waals surface area contributed by atoms with Gasteiger partial charge in [0.15, 0.2) is 0 Å². The second kappa shape index (κ2) is 8.12. The van der Waals surface area contributed by atoms with Crippen LogP contribution in [0.2, 0.25) is 0 Å². The quantitative estimate of drug-likeness (QED) is 0.653. The van der Waals surface area contributed by atoms with Gasteiger partial charge in [-0.3, -0.25) is 4.90 Å². The third kappa shape index (κ3) is 4.98. The molecule has 90 valence electrons. The van der Waals surface area contributed by atoms with Crippen molar-refractivity contribution in [2.45, 2.75) is 58.4 Å². The fourth-order valence-corrected chi connectivity index (χ4v) is 2.46. The van der Waals surface area contributed by atoms with Crippen molar-refractivity contribution < 1.29 is 0 Å². The van der Waals surface area contributed by atoms with E-state index in [-0.39, 0.29) is 0 Å². The number of nitrogens with zero attached hydrogens (tertiary/aromatic N) is 1. The first-order chi connectivity index (χ1) is 7.38. The minimum absolute atomic E-state index is 0.815. The number of rotatable bonds is 7. The second-order valence-electron chi connectivity index (χ2n) is 4.70. The lowest BCUT2D eigenvalue weighted by molar-refractivity contribution is 0.143. The van der Waals surface area contributed by atoms with Crippen molar-refractivity contribution in [3.05, 3.63) is 0 Å². The third-order valence-electron chi connectivity index (χ3n) is 3.43. The van der Waals surface area contributed by atoms with E-state index < -0.39 is 0 Å². The van der Waals surface area contributed by atoms with E-state index >= 15 is 0 Å². The highest BCUT2D eigenvalue weighted by atomic mass is 15.2. The summed E-state index contributed by atoms with van der Waals surface area (Å²) in [6, 6.07) is 0.815. The first-order valence-electron chi connectivity index (χ1n) is 6.83. The zero-order valence-electron chi connectivity index (χ0n) is 10.6. The van der Waals surface area contributed by atoms with Crippen molar-refractivity contribution in [3.63, 3.8) is 0 Å². The summed E-state index contributed by atoms with van der Waals surface area (Å²) in [5.41, 5.74) is 0. The van der Waals surface area contributed by atoms with Gasteiger partial charge in [-0.1, -0.05) is 33.1 Å².